The third kappa shape index (κ3) is 4.22. The molecule has 1 fully saturated rings. The van der Waals surface area contributed by atoms with Gasteiger partial charge < -0.3 is 10.5 Å². The second kappa shape index (κ2) is 8.10. The lowest BCUT2D eigenvalue weighted by atomic mass is 9.84. The van der Waals surface area contributed by atoms with E-state index >= 15 is 0 Å². The fourth-order valence-corrected chi connectivity index (χ4v) is 4.18. The number of carbonyl (C=O) groups excluding carboxylic acids is 3. The van der Waals surface area contributed by atoms with Crippen molar-refractivity contribution in [2.75, 3.05) is 5.32 Å². The molecule has 1 aromatic carbocycles. The Balaban J connectivity index is 1.75. The summed E-state index contributed by atoms with van der Waals surface area (Å²) in [5.74, 6) is -1.55. The Morgan fingerprint density at radius 2 is 1.89 bits per heavy atom. The number of esters is 1. The van der Waals surface area contributed by atoms with E-state index in [0.29, 0.717) is 29.2 Å². The monoisotopic (exact) mass is 401 g/mol. The normalized spacial score (nSPS) is 15.6. The van der Waals surface area contributed by atoms with E-state index in [2.05, 4.69) is 10.3 Å². The van der Waals surface area contributed by atoms with Crippen LogP contribution >= 0.6 is 11.3 Å². The molecule has 0 saturated heterocycles. The summed E-state index contributed by atoms with van der Waals surface area (Å²) in [6.07, 6.45) is 3.43. The van der Waals surface area contributed by atoms with Crippen molar-refractivity contribution in [3.63, 3.8) is 0 Å². The zero-order chi connectivity index (χ0) is 20.3. The number of hydrogen-bond acceptors (Lipinski definition) is 6. The van der Waals surface area contributed by atoms with Crippen LogP contribution < -0.4 is 11.1 Å². The molecule has 0 aliphatic heterocycles. The summed E-state index contributed by atoms with van der Waals surface area (Å²) < 4.78 is 5.57. The molecule has 1 saturated carbocycles. The van der Waals surface area contributed by atoms with E-state index in [9.17, 15) is 14.4 Å². The number of carbonyl (C=O) groups is 3. The maximum Gasteiger partial charge on any atom is 0.351 e. The Kier molecular flexibility index (Phi) is 5.79. The zero-order valence-corrected chi connectivity index (χ0v) is 16.7. The molecule has 0 unspecified atom stereocenters. The lowest BCUT2D eigenvalue weighted by molar-refractivity contribution is -0.140. The van der Waals surface area contributed by atoms with Gasteiger partial charge >= 0.3 is 5.97 Å². The third-order valence-corrected chi connectivity index (χ3v) is 5.93. The van der Waals surface area contributed by atoms with Gasteiger partial charge in [0.2, 0.25) is 0 Å². The number of aryl methyl sites for hydroxylation is 2. The Morgan fingerprint density at radius 1 is 1.18 bits per heavy atom. The molecule has 28 heavy (non-hydrogen) atoms. The minimum absolute atomic E-state index is 0.255. The maximum absolute atomic E-state index is 12.7. The van der Waals surface area contributed by atoms with Crippen LogP contribution in [0.3, 0.4) is 0 Å². The topological polar surface area (TPSA) is 111 Å². The van der Waals surface area contributed by atoms with E-state index in [1.165, 1.54) is 0 Å². The van der Waals surface area contributed by atoms with Crippen molar-refractivity contribution in [2.24, 2.45) is 5.73 Å². The first-order valence-corrected chi connectivity index (χ1v) is 10.0. The van der Waals surface area contributed by atoms with Crippen molar-refractivity contribution in [2.45, 2.75) is 51.6 Å². The number of primary amides is 1. The van der Waals surface area contributed by atoms with Crippen LogP contribution in [-0.2, 0) is 9.53 Å². The molecule has 0 bridgehead atoms. The van der Waals surface area contributed by atoms with Crippen LogP contribution in [-0.4, -0.2) is 28.4 Å². The van der Waals surface area contributed by atoms with Gasteiger partial charge in [-0.25, -0.2) is 9.78 Å². The Morgan fingerprint density at radius 3 is 2.54 bits per heavy atom. The van der Waals surface area contributed by atoms with E-state index in [-0.39, 0.29) is 10.8 Å². The first kappa shape index (κ1) is 20.0. The predicted octanol–water partition coefficient (Wildman–Crippen LogP) is 3.36. The quantitative estimate of drug-likeness (QED) is 0.746. The van der Waals surface area contributed by atoms with Gasteiger partial charge in [-0.15, -0.1) is 0 Å². The zero-order valence-electron chi connectivity index (χ0n) is 15.9. The molecule has 3 N–H and O–H groups in total. The molecule has 3 rings (SSSR count). The lowest BCUT2D eigenvalue weighted by Gasteiger charge is -2.33. The minimum atomic E-state index is -1.25. The van der Waals surface area contributed by atoms with E-state index in [1.807, 2.05) is 13.0 Å². The number of aromatic nitrogens is 1. The Labute approximate surface area is 167 Å². The number of benzene rings is 1. The minimum Gasteiger partial charge on any atom is -0.445 e. The molecule has 1 aliphatic carbocycles. The standard InChI is InChI=1S/C20H23N3O4S/c1-12-7-6-8-14(11-12)16(24)23-19-22-13(2)15(28-19)17(25)27-20(18(21)26)9-4-3-5-10-20/h6-8,11H,3-5,9-10H2,1-2H3,(H2,21,26)(H,22,23,24). The van der Waals surface area contributed by atoms with Crippen molar-refractivity contribution >= 4 is 34.3 Å². The van der Waals surface area contributed by atoms with Gasteiger partial charge in [0.15, 0.2) is 10.7 Å². The number of nitrogens with two attached hydrogens (primary N) is 1. The number of nitrogens with one attached hydrogen (secondary N) is 1. The second-order valence-electron chi connectivity index (χ2n) is 7.07. The van der Waals surface area contributed by atoms with Gasteiger partial charge in [-0.3, -0.25) is 14.9 Å². The van der Waals surface area contributed by atoms with Crippen molar-refractivity contribution in [1.82, 2.24) is 4.98 Å². The average molecular weight is 401 g/mol. The third-order valence-electron chi connectivity index (χ3n) is 4.88. The summed E-state index contributed by atoms with van der Waals surface area (Å²) in [7, 11) is 0. The molecule has 0 spiro atoms. The summed E-state index contributed by atoms with van der Waals surface area (Å²) in [4.78, 5) is 41.5. The van der Waals surface area contributed by atoms with E-state index in [1.54, 1.807) is 25.1 Å². The number of thiazole rings is 1. The lowest BCUT2D eigenvalue weighted by Crippen LogP contribution is -2.49. The Hall–Kier alpha value is -2.74. The summed E-state index contributed by atoms with van der Waals surface area (Å²) >= 11 is 1.02. The van der Waals surface area contributed by atoms with Gasteiger partial charge in [0.25, 0.3) is 11.8 Å². The molecule has 1 aliphatic rings. The summed E-state index contributed by atoms with van der Waals surface area (Å²) in [5.41, 5.74) is 6.19. The van der Waals surface area contributed by atoms with E-state index in [4.69, 9.17) is 10.5 Å². The Bertz CT molecular complexity index is 916. The first-order valence-electron chi connectivity index (χ1n) is 9.19. The van der Waals surface area contributed by atoms with Crippen molar-refractivity contribution < 1.29 is 19.1 Å². The van der Waals surface area contributed by atoms with Gasteiger partial charge in [-0.05, 0) is 51.7 Å². The molecular formula is C20H23N3O4S. The van der Waals surface area contributed by atoms with Crippen molar-refractivity contribution in [3.8, 4) is 0 Å². The van der Waals surface area contributed by atoms with Crippen LogP contribution in [0, 0.1) is 13.8 Å². The van der Waals surface area contributed by atoms with E-state index in [0.717, 1.165) is 36.2 Å². The molecule has 0 atom stereocenters. The second-order valence-corrected chi connectivity index (χ2v) is 8.06. The van der Waals surface area contributed by atoms with Crippen molar-refractivity contribution in [1.29, 1.82) is 0 Å². The van der Waals surface area contributed by atoms with Crippen LogP contribution in [0.4, 0.5) is 5.13 Å². The molecule has 0 radical (unpaired) electrons. The molecule has 1 heterocycles. The van der Waals surface area contributed by atoms with Gasteiger partial charge in [0.1, 0.15) is 4.88 Å². The number of hydrogen-bond donors (Lipinski definition) is 2. The molecule has 8 heteroatoms. The molecule has 2 aromatic rings. The van der Waals surface area contributed by atoms with Crippen LogP contribution in [0.25, 0.3) is 0 Å². The first-order chi connectivity index (χ1) is 13.3. The highest BCUT2D eigenvalue weighted by molar-refractivity contribution is 7.17. The highest BCUT2D eigenvalue weighted by Gasteiger charge is 2.42. The summed E-state index contributed by atoms with van der Waals surface area (Å²) in [6, 6.07) is 7.17. The molecule has 7 nitrogen and oxygen atoms in total. The fourth-order valence-electron chi connectivity index (χ4n) is 3.34. The molecule has 148 valence electrons. The maximum atomic E-state index is 12.7. The highest BCUT2D eigenvalue weighted by atomic mass is 32.1. The number of anilines is 1. The van der Waals surface area contributed by atoms with Gasteiger partial charge in [-0.2, -0.15) is 0 Å². The molecular weight excluding hydrogens is 378 g/mol. The largest absolute Gasteiger partial charge is 0.445 e. The van der Waals surface area contributed by atoms with E-state index < -0.39 is 17.5 Å². The summed E-state index contributed by atoms with van der Waals surface area (Å²) in [6.45, 7) is 3.56. The van der Waals surface area contributed by atoms with Crippen LogP contribution in [0.2, 0.25) is 0 Å². The van der Waals surface area contributed by atoms with Crippen LogP contribution in [0.5, 0.6) is 0 Å². The van der Waals surface area contributed by atoms with Gasteiger partial charge in [0.05, 0.1) is 5.69 Å². The highest BCUT2D eigenvalue weighted by Crippen LogP contribution is 2.34. The van der Waals surface area contributed by atoms with Crippen LogP contribution in [0.1, 0.15) is 63.4 Å². The SMILES string of the molecule is Cc1cccc(C(=O)Nc2nc(C)c(C(=O)OC3(C(N)=O)CCCCC3)s2)c1. The smallest absolute Gasteiger partial charge is 0.351 e. The van der Waals surface area contributed by atoms with Crippen molar-refractivity contribution in [3.05, 3.63) is 46.0 Å². The number of nitrogens with zero attached hydrogens (tertiary/aromatic N) is 1. The van der Waals surface area contributed by atoms with Gasteiger partial charge in [0, 0.05) is 5.56 Å². The average Bonchev–Trinajstić information content (AvgIpc) is 3.02. The predicted molar refractivity (Wildman–Crippen MR) is 106 cm³/mol. The number of amides is 2. The van der Waals surface area contributed by atoms with Crippen LogP contribution in [0.15, 0.2) is 24.3 Å². The molecule has 1 aromatic heterocycles. The number of ether oxygens (including phenoxy) is 1. The van der Waals surface area contributed by atoms with Gasteiger partial charge in [-0.1, -0.05) is 35.5 Å². The number of rotatable bonds is 5. The summed E-state index contributed by atoms with van der Waals surface area (Å²) in [5, 5.41) is 3.01. The molecule has 2 amide bonds. The fraction of sp³-hybridized carbons (Fsp3) is 0.400.